The van der Waals surface area contributed by atoms with Gasteiger partial charge in [0.2, 0.25) is 0 Å². The van der Waals surface area contributed by atoms with Gasteiger partial charge < -0.3 is 5.32 Å². The fraction of sp³-hybridized carbons (Fsp3) is 0.238. The first kappa shape index (κ1) is 17.1. The lowest BCUT2D eigenvalue weighted by Crippen LogP contribution is -2.28. The average molecular weight is 335 g/mol. The van der Waals surface area contributed by atoms with Gasteiger partial charge in [-0.1, -0.05) is 55.8 Å². The molecule has 3 rings (SSSR count). The minimum atomic E-state index is -0.218. The number of nitrogens with zero attached hydrogens (tertiary/aromatic N) is 2. The zero-order valence-corrected chi connectivity index (χ0v) is 14.8. The van der Waals surface area contributed by atoms with Crippen LogP contribution in [0.2, 0.25) is 0 Å². The largest absolute Gasteiger partial charge is 0.368 e. The van der Waals surface area contributed by atoms with Gasteiger partial charge in [-0.2, -0.15) is 0 Å². The number of hydrogen-bond acceptors (Lipinski definition) is 3. The van der Waals surface area contributed by atoms with Crippen LogP contribution in [-0.2, 0) is 5.41 Å². The van der Waals surface area contributed by atoms with Crippen LogP contribution in [0.15, 0.2) is 60.7 Å². The molecule has 2 aromatic carbocycles. The fourth-order valence-electron chi connectivity index (χ4n) is 2.62. The lowest BCUT2D eigenvalue weighted by Gasteiger charge is -2.25. The van der Waals surface area contributed by atoms with E-state index >= 15 is 0 Å². The summed E-state index contributed by atoms with van der Waals surface area (Å²) in [5, 5.41) is 11.9. The molecule has 0 unspecified atom stereocenters. The van der Waals surface area contributed by atoms with Gasteiger partial charge in [-0.25, -0.2) is 4.39 Å². The highest BCUT2D eigenvalue weighted by molar-refractivity contribution is 5.59. The van der Waals surface area contributed by atoms with Gasteiger partial charge >= 0.3 is 0 Å². The van der Waals surface area contributed by atoms with Crippen LogP contribution in [-0.4, -0.2) is 16.7 Å². The van der Waals surface area contributed by atoms with Gasteiger partial charge in [0.25, 0.3) is 0 Å². The highest BCUT2D eigenvalue weighted by Gasteiger charge is 2.20. The molecule has 1 aromatic heterocycles. The number of aryl methyl sites for hydroxylation is 1. The molecule has 1 heterocycles. The molecule has 0 bridgehead atoms. The highest BCUT2D eigenvalue weighted by atomic mass is 19.1. The minimum Gasteiger partial charge on any atom is -0.368 e. The van der Waals surface area contributed by atoms with E-state index in [1.165, 1.54) is 17.7 Å². The second-order valence-electron chi connectivity index (χ2n) is 6.91. The molecular weight excluding hydrogens is 313 g/mol. The Labute approximate surface area is 147 Å². The monoisotopic (exact) mass is 335 g/mol. The van der Waals surface area contributed by atoms with Crippen molar-refractivity contribution in [2.45, 2.75) is 26.2 Å². The number of hydrogen-bond donors (Lipinski definition) is 1. The van der Waals surface area contributed by atoms with Gasteiger partial charge in [-0.15, -0.1) is 10.2 Å². The van der Waals surface area contributed by atoms with E-state index in [4.69, 9.17) is 0 Å². The van der Waals surface area contributed by atoms with E-state index in [0.717, 1.165) is 22.6 Å². The molecule has 1 N–H and O–H groups in total. The van der Waals surface area contributed by atoms with Crippen molar-refractivity contribution in [1.29, 1.82) is 0 Å². The average Bonchev–Trinajstić information content (AvgIpc) is 2.62. The van der Waals surface area contributed by atoms with E-state index in [0.29, 0.717) is 6.54 Å². The van der Waals surface area contributed by atoms with Gasteiger partial charge in [-0.3, -0.25) is 0 Å². The molecule has 0 aliphatic rings. The first-order valence-corrected chi connectivity index (χ1v) is 8.35. The van der Waals surface area contributed by atoms with Crippen molar-refractivity contribution in [2.75, 3.05) is 11.9 Å². The number of rotatable bonds is 5. The molecule has 3 aromatic rings. The van der Waals surface area contributed by atoms with Gasteiger partial charge in [0.05, 0.1) is 5.69 Å². The van der Waals surface area contributed by atoms with Crippen LogP contribution in [0.5, 0.6) is 0 Å². The summed E-state index contributed by atoms with van der Waals surface area (Å²) in [4.78, 5) is 0. The first-order valence-electron chi connectivity index (χ1n) is 8.35. The van der Waals surface area contributed by atoms with Gasteiger partial charge in [-0.05, 0) is 36.8 Å². The summed E-state index contributed by atoms with van der Waals surface area (Å²) in [6.07, 6.45) is 0. The van der Waals surface area contributed by atoms with E-state index in [-0.39, 0.29) is 11.2 Å². The summed E-state index contributed by atoms with van der Waals surface area (Å²) in [5.74, 6) is 0.510. The molecule has 0 saturated carbocycles. The molecule has 0 aliphatic carbocycles. The molecule has 0 spiro atoms. The Morgan fingerprint density at radius 1 is 0.880 bits per heavy atom. The smallest absolute Gasteiger partial charge is 0.148 e. The highest BCUT2D eigenvalue weighted by Crippen LogP contribution is 2.24. The van der Waals surface area contributed by atoms with Crippen molar-refractivity contribution in [1.82, 2.24) is 10.2 Å². The molecule has 0 radical (unpaired) electrons. The number of aromatic nitrogens is 2. The SMILES string of the molecule is Cc1ccc(-c2ccc(NCC(C)(C)c3ccc(F)cc3)nn2)cc1. The Kier molecular flexibility index (Phi) is 4.79. The third-order valence-electron chi connectivity index (χ3n) is 4.35. The standard InChI is InChI=1S/C21H22FN3/c1-15-4-6-16(7-5-15)19-12-13-20(25-24-19)23-14-21(2,3)17-8-10-18(22)11-9-17/h4-13H,14H2,1-3H3,(H,23,25). The lowest BCUT2D eigenvalue weighted by atomic mass is 9.84. The molecule has 3 nitrogen and oxygen atoms in total. The maximum absolute atomic E-state index is 13.1. The van der Waals surface area contributed by atoms with Crippen LogP contribution in [0.1, 0.15) is 25.0 Å². The number of halogens is 1. The molecule has 0 amide bonds. The Bertz CT molecular complexity index is 823. The maximum Gasteiger partial charge on any atom is 0.148 e. The van der Waals surface area contributed by atoms with Crippen LogP contribution in [0.4, 0.5) is 10.2 Å². The molecule has 0 saturated heterocycles. The molecule has 0 aliphatic heterocycles. The Balaban J connectivity index is 1.67. The Hall–Kier alpha value is -2.75. The zero-order valence-electron chi connectivity index (χ0n) is 14.8. The number of benzene rings is 2. The molecule has 0 atom stereocenters. The fourth-order valence-corrected chi connectivity index (χ4v) is 2.62. The van der Waals surface area contributed by atoms with E-state index in [1.807, 2.05) is 36.4 Å². The first-order chi connectivity index (χ1) is 11.9. The molecule has 128 valence electrons. The van der Waals surface area contributed by atoms with Crippen LogP contribution in [0, 0.1) is 12.7 Å². The maximum atomic E-state index is 13.1. The predicted octanol–water partition coefficient (Wildman–Crippen LogP) is 4.98. The van der Waals surface area contributed by atoms with Crippen molar-refractivity contribution in [3.63, 3.8) is 0 Å². The second kappa shape index (κ2) is 7.01. The second-order valence-corrected chi connectivity index (χ2v) is 6.91. The van der Waals surface area contributed by atoms with E-state index in [1.54, 1.807) is 0 Å². The normalized spacial score (nSPS) is 11.4. The van der Waals surface area contributed by atoms with E-state index in [2.05, 4.69) is 48.4 Å². The number of anilines is 1. The summed E-state index contributed by atoms with van der Waals surface area (Å²) in [5.41, 5.74) is 4.05. The zero-order chi connectivity index (χ0) is 17.9. The van der Waals surface area contributed by atoms with E-state index < -0.39 is 0 Å². The quantitative estimate of drug-likeness (QED) is 0.714. The lowest BCUT2D eigenvalue weighted by molar-refractivity contribution is 0.552. The Morgan fingerprint density at radius 3 is 2.16 bits per heavy atom. The third kappa shape index (κ3) is 4.21. The number of nitrogens with one attached hydrogen (secondary N) is 1. The molecule has 25 heavy (non-hydrogen) atoms. The van der Waals surface area contributed by atoms with Crippen LogP contribution >= 0.6 is 0 Å². The molecule has 4 heteroatoms. The van der Waals surface area contributed by atoms with Crippen LogP contribution < -0.4 is 5.32 Å². The molecular formula is C21H22FN3. The summed E-state index contributed by atoms with van der Waals surface area (Å²) < 4.78 is 13.1. The van der Waals surface area contributed by atoms with Crippen LogP contribution in [0.25, 0.3) is 11.3 Å². The summed E-state index contributed by atoms with van der Waals surface area (Å²) >= 11 is 0. The van der Waals surface area contributed by atoms with Gasteiger partial charge in [0.15, 0.2) is 0 Å². The van der Waals surface area contributed by atoms with Gasteiger partial charge in [0.1, 0.15) is 11.6 Å². The van der Waals surface area contributed by atoms with Crippen molar-refractivity contribution in [3.05, 3.63) is 77.6 Å². The van der Waals surface area contributed by atoms with Gasteiger partial charge in [0, 0.05) is 17.5 Å². The van der Waals surface area contributed by atoms with Crippen molar-refractivity contribution in [2.24, 2.45) is 0 Å². The summed E-state index contributed by atoms with van der Waals surface area (Å²) in [6, 6.07) is 18.7. The minimum absolute atomic E-state index is 0.148. The predicted molar refractivity (Wildman–Crippen MR) is 100 cm³/mol. The summed E-state index contributed by atoms with van der Waals surface area (Å²) in [7, 11) is 0. The van der Waals surface area contributed by atoms with Crippen molar-refractivity contribution >= 4 is 5.82 Å². The molecule has 0 fully saturated rings. The summed E-state index contributed by atoms with van der Waals surface area (Å²) in [6.45, 7) is 6.96. The van der Waals surface area contributed by atoms with E-state index in [9.17, 15) is 4.39 Å². The van der Waals surface area contributed by atoms with Crippen LogP contribution in [0.3, 0.4) is 0 Å². The topological polar surface area (TPSA) is 37.8 Å². The Morgan fingerprint density at radius 2 is 1.56 bits per heavy atom. The van der Waals surface area contributed by atoms with Crippen molar-refractivity contribution < 1.29 is 4.39 Å². The van der Waals surface area contributed by atoms with Crippen molar-refractivity contribution in [3.8, 4) is 11.3 Å². The third-order valence-corrected chi connectivity index (χ3v) is 4.35.